The molecule has 0 saturated heterocycles. The van der Waals surface area contributed by atoms with E-state index < -0.39 is 27.0 Å². The van der Waals surface area contributed by atoms with Crippen molar-refractivity contribution in [1.82, 2.24) is 4.98 Å². The summed E-state index contributed by atoms with van der Waals surface area (Å²) in [6.07, 6.45) is 1.13. The first-order valence-electron chi connectivity index (χ1n) is 8.99. The molecule has 4 rings (SSSR count). The van der Waals surface area contributed by atoms with E-state index in [-0.39, 0.29) is 5.56 Å². The lowest BCUT2D eigenvalue weighted by Crippen LogP contribution is -1.96. The quantitative estimate of drug-likeness (QED) is 0.270. The molecule has 0 unspecified atom stereocenters. The van der Waals surface area contributed by atoms with E-state index in [0.717, 1.165) is 23.4 Å². The summed E-state index contributed by atoms with van der Waals surface area (Å²) in [7, 11) is 0. The number of rotatable bonds is 5. The van der Waals surface area contributed by atoms with Gasteiger partial charge in [-0.25, -0.2) is 4.98 Å². The van der Waals surface area contributed by atoms with E-state index in [9.17, 15) is 25.3 Å². The topological polar surface area (TPSA) is 145 Å². The molecule has 0 radical (unpaired) electrons. The minimum Gasteiger partial charge on any atom is -0.502 e. The molecular formula is C21H14N4O6. The van der Waals surface area contributed by atoms with Crippen molar-refractivity contribution >= 4 is 34.4 Å². The molecular weight excluding hydrogens is 404 g/mol. The predicted octanol–water partition coefficient (Wildman–Crippen LogP) is 5.08. The molecule has 0 amide bonds. The van der Waals surface area contributed by atoms with Crippen LogP contribution in [0.1, 0.15) is 11.1 Å². The third kappa shape index (κ3) is 3.94. The van der Waals surface area contributed by atoms with Gasteiger partial charge < -0.3 is 9.52 Å². The minimum atomic E-state index is -0.894. The number of non-ortho nitro benzene ring substituents is 1. The summed E-state index contributed by atoms with van der Waals surface area (Å²) in [4.78, 5) is 29.1. The smallest absolute Gasteiger partial charge is 0.318 e. The molecule has 31 heavy (non-hydrogen) atoms. The standard InChI is InChI=1S/C21H14N4O6/c1-12-5-6-19-17(7-12)23-21(31-19)13-3-2-4-15(8-13)22-11-14-9-16(24(27)28)10-18(20(14)26)25(29)30/h2-11,26H,1H3. The van der Waals surface area contributed by atoms with E-state index >= 15 is 0 Å². The highest BCUT2D eigenvalue weighted by Crippen LogP contribution is 2.34. The SMILES string of the molecule is Cc1ccc2oc(-c3cccc(N=Cc4cc([N+](=O)[O-])cc([N+](=O)[O-])c4O)c3)nc2c1. The lowest BCUT2D eigenvalue weighted by atomic mass is 10.1. The van der Waals surface area contributed by atoms with Crippen LogP contribution in [0.25, 0.3) is 22.6 Å². The molecule has 154 valence electrons. The summed E-state index contributed by atoms with van der Waals surface area (Å²) in [6.45, 7) is 1.96. The summed E-state index contributed by atoms with van der Waals surface area (Å²) in [5.74, 6) is -0.309. The fourth-order valence-electron chi connectivity index (χ4n) is 2.99. The first kappa shape index (κ1) is 19.7. The second kappa shape index (κ2) is 7.67. The normalized spacial score (nSPS) is 11.3. The monoisotopic (exact) mass is 418 g/mol. The molecule has 10 nitrogen and oxygen atoms in total. The van der Waals surface area contributed by atoms with Gasteiger partial charge >= 0.3 is 5.69 Å². The molecule has 4 aromatic rings. The van der Waals surface area contributed by atoms with Gasteiger partial charge in [0.25, 0.3) is 5.69 Å². The Balaban J connectivity index is 1.70. The number of nitro benzene ring substituents is 2. The first-order chi connectivity index (χ1) is 14.8. The average Bonchev–Trinajstić information content (AvgIpc) is 3.16. The van der Waals surface area contributed by atoms with Crippen molar-refractivity contribution in [2.45, 2.75) is 6.92 Å². The van der Waals surface area contributed by atoms with Crippen molar-refractivity contribution in [3.63, 3.8) is 0 Å². The van der Waals surface area contributed by atoms with E-state index in [1.165, 1.54) is 0 Å². The van der Waals surface area contributed by atoms with Crippen LogP contribution in [0.4, 0.5) is 17.1 Å². The molecule has 0 atom stereocenters. The number of aryl methyl sites for hydroxylation is 1. The number of aromatic hydroxyl groups is 1. The Bertz CT molecular complexity index is 1380. The Hall–Kier alpha value is -4.60. The van der Waals surface area contributed by atoms with E-state index in [2.05, 4.69) is 9.98 Å². The zero-order valence-electron chi connectivity index (χ0n) is 16.1. The maximum Gasteiger partial charge on any atom is 0.318 e. The zero-order chi connectivity index (χ0) is 22.1. The number of nitrogens with zero attached hydrogens (tertiary/aromatic N) is 4. The second-order valence-corrected chi connectivity index (χ2v) is 6.72. The highest BCUT2D eigenvalue weighted by molar-refractivity contribution is 5.89. The zero-order valence-corrected chi connectivity index (χ0v) is 16.1. The third-order valence-electron chi connectivity index (χ3n) is 4.50. The van der Waals surface area contributed by atoms with Crippen LogP contribution in [0.3, 0.4) is 0 Å². The van der Waals surface area contributed by atoms with Gasteiger partial charge in [-0.1, -0.05) is 12.1 Å². The van der Waals surface area contributed by atoms with Gasteiger partial charge in [0, 0.05) is 23.4 Å². The van der Waals surface area contributed by atoms with Crippen LogP contribution in [0.15, 0.2) is 64.0 Å². The number of benzene rings is 3. The maximum atomic E-state index is 11.1. The van der Waals surface area contributed by atoms with Gasteiger partial charge in [-0.2, -0.15) is 0 Å². The van der Waals surface area contributed by atoms with Gasteiger partial charge in [0.1, 0.15) is 5.52 Å². The number of phenols is 1. The Kier molecular flexibility index (Phi) is 4.88. The number of phenolic OH excluding ortho intramolecular Hbond substituents is 1. The minimum absolute atomic E-state index is 0.149. The van der Waals surface area contributed by atoms with Crippen molar-refractivity contribution in [2.24, 2.45) is 4.99 Å². The van der Waals surface area contributed by atoms with Crippen molar-refractivity contribution in [3.05, 3.63) is 86.0 Å². The van der Waals surface area contributed by atoms with Gasteiger partial charge in [0.05, 0.1) is 21.6 Å². The molecule has 0 aliphatic carbocycles. The fourth-order valence-corrected chi connectivity index (χ4v) is 2.99. The Labute approximate surface area is 174 Å². The van der Waals surface area contributed by atoms with Crippen molar-refractivity contribution < 1.29 is 19.4 Å². The predicted molar refractivity (Wildman–Crippen MR) is 113 cm³/mol. The summed E-state index contributed by atoms with van der Waals surface area (Å²) in [6, 6.07) is 14.2. The van der Waals surface area contributed by atoms with Crippen LogP contribution in [0.2, 0.25) is 0 Å². The second-order valence-electron chi connectivity index (χ2n) is 6.72. The molecule has 0 spiro atoms. The summed E-state index contributed by atoms with van der Waals surface area (Å²) in [5.41, 5.74) is 2.05. The highest BCUT2D eigenvalue weighted by atomic mass is 16.6. The number of oxazole rings is 1. The van der Waals surface area contributed by atoms with Gasteiger partial charge in [-0.15, -0.1) is 0 Å². The van der Waals surface area contributed by atoms with Crippen LogP contribution in [0, 0.1) is 27.2 Å². The highest BCUT2D eigenvalue weighted by Gasteiger charge is 2.23. The molecule has 3 aromatic carbocycles. The number of hydrogen-bond acceptors (Lipinski definition) is 8. The first-order valence-corrected chi connectivity index (χ1v) is 8.99. The van der Waals surface area contributed by atoms with Crippen LogP contribution >= 0.6 is 0 Å². The van der Waals surface area contributed by atoms with Gasteiger partial charge in [0.2, 0.25) is 11.6 Å². The van der Waals surface area contributed by atoms with Crippen molar-refractivity contribution in [1.29, 1.82) is 0 Å². The van der Waals surface area contributed by atoms with E-state index in [1.54, 1.807) is 24.3 Å². The maximum absolute atomic E-state index is 11.1. The van der Waals surface area contributed by atoms with Gasteiger partial charge in [-0.3, -0.25) is 25.2 Å². The molecule has 1 N–H and O–H groups in total. The van der Waals surface area contributed by atoms with E-state index in [1.807, 2.05) is 25.1 Å². The van der Waals surface area contributed by atoms with Crippen LogP contribution in [-0.4, -0.2) is 26.2 Å². The molecule has 0 fully saturated rings. The number of hydrogen-bond donors (Lipinski definition) is 1. The summed E-state index contributed by atoms with van der Waals surface area (Å²) in [5, 5.41) is 32.2. The Morgan fingerprint density at radius 3 is 2.61 bits per heavy atom. The average molecular weight is 418 g/mol. The molecule has 10 heteroatoms. The molecule has 0 aliphatic heterocycles. The van der Waals surface area contributed by atoms with Gasteiger partial charge in [0.15, 0.2) is 5.58 Å². The van der Waals surface area contributed by atoms with Crippen LogP contribution < -0.4 is 0 Å². The number of fused-ring (bicyclic) bond motifs is 1. The van der Waals surface area contributed by atoms with Crippen molar-refractivity contribution in [2.75, 3.05) is 0 Å². The van der Waals surface area contributed by atoms with Crippen LogP contribution in [0.5, 0.6) is 5.75 Å². The Morgan fingerprint density at radius 2 is 1.87 bits per heavy atom. The van der Waals surface area contributed by atoms with Crippen LogP contribution in [-0.2, 0) is 0 Å². The van der Waals surface area contributed by atoms with Gasteiger partial charge in [-0.05, 0) is 42.8 Å². The molecule has 0 aliphatic rings. The fraction of sp³-hybridized carbons (Fsp3) is 0.0476. The number of aliphatic imine (C=N–C) groups is 1. The molecule has 1 heterocycles. The lowest BCUT2D eigenvalue weighted by molar-refractivity contribution is -0.394. The number of nitro groups is 2. The number of aromatic nitrogens is 1. The van der Waals surface area contributed by atoms with E-state index in [0.29, 0.717) is 28.8 Å². The van der Waals surface area contributed by atoms with Crippen molar-refractivity contribution in [3.8, 4) is 17.2 Å². The Morgan fingerprint density at radius 1 is 1.06 bits per heavy atom. The van der Waals surface area contributed by atoms with E-state index in [4.69, 9.17) is 4.42 Å². The summed E-state index contributed by atoms with van der Waals surface area (Å²) < 4.78 is 5.78. The largest absolute Gasteiger partial charge is 0.502 e. The molecule has 0 bridgehead atoms. The molecule has 1 aromatic heterocycles. The summed E-state index contributed by atoms with van der Waals surface area (Å²) >= 11 is 0. The lowest BCUT2D eigenvalue weighted by Gasteiger charge is -2.01. The third-order valence-corrected chi connectivity index (χ3v) is 4.50. The molecule has 0 saturated carbocycles.